The minimum atomic E-state index is 0.0154. The molecule has 1 heterocycles. The van der Waals surface area contributed by atoms with Gasteiger partial charge in [-0.05, 0) is 96.1 Å². The second kappa shape index (κ2) is 16.2. The van der Waals surface area contributed by atoms with Crippen molar-refractivity contribution in [2.75, 3.05) is 0 Å². The number of benzene rings is 10. The third-order valence-corrected chi connectivity index (χ3v) is 12.2. The van der Waals surface area contributed by atoms with Crippen LogP contribution in [0.25, 0.3) is 88.7 Å². The SMILES string of the molecule is c1ccc(-c2ccc(-c3ccc(C(c4ccc(-c5cccc(-c6ccccc6)c5)cc4)c4cccc(-c5cccc(-c6cccc7c6oc6ccccc67)c5)c4)cc3)cc2)cc1. The van der Waals surface area contributed by atoms with E-state index in [2.05, 4.69) is 237 Å². The molecule has 0 fully saturated rings. The van der Waals surface area contributed by atoms with E-state index in [0.29, 0.717) is 0 Å². The average Bonchev–Trinajstić information content (AvgIpc) is 3.74. The molecule has 10 aromatic carbocycles. The highest BCUT2D eigenvalue weighted by atomic mass is 16.3. The molecule has 0 aliphatic rings. The summed E-state index contributed by atoms with van der Waals surface area (Å²) in [7, 11) is 0. The molecular weight excluding hydrogens is 749 g/mol. The molecule has 1 unspecified atom stereocenters. The minimum absolute atomic E-state index is 0.0154. The van der Waals surface area contributed by atoms with Crippen LogP contribution in [0.15, 0.2) is 253 Å². The second-order valence-electron chi connectivity index (χ2n) is 16.1. The van der Waals surface area contributed by atoms with Gasteiger partial charge in [0.2, 0.25) is 0 Å². The molecule has 11 rings (SSSR count). The number of hydrogen-bond acceptors (Lipinski definition) is 1. The standard InChI is InChI=1S/C61H42O/c1-3-13-42(14-4-1)44-27-29-45(30-28-44)46-31-35-48(36-32-46)60(49-37-33-47(34-38-49)51-18-9-17-50(39-51)43-15-5-2-6-16-43)55-22-11-20-53(41-55)52-19-10-21-54(40-52)56-24-12-25-58-57-23-7-8-26-59(57)62-61(56)58/h1-41,60H. The van der Waals surface area contributed by atoms with Gasteiger partial charge in [0.25, 0.3) is 0 Å². The molecule has 0 saturated heterocycles. The zero-order valence-electron chi connectivity index (χ0n) is 34.2. The van der Waals surface area contributed by atoms with Gasteiger partial charge in [-0.15, -0.1) is 0 Å². The molecule has 62 heavy (non-hydrogen) atoms. The van der Waals surface area contributed by atoms with E-state index in [1.54, 1.807) is 0 Å². The van der Waals surface area contributed by atoms with Gasteiger partial charge in [-0.25, -0.2) is 0 Å². The lowest BCUT2D eigenvalue weighted by Gasteiger charge is -2.21. The van der Waals surface area contributed by atoms with Crippen LogP contribution in [0.1, 0.15) is 22.6 Å². The lowest BCUT2D eigenvalue weighted by atomic mass is 9.83. The van der Waals surface area contributed by atoms with Crippen LogP contribution in [0, 0.1) is 0 Å². The van der Waals surface area contributed by atoms with Crippen molar-refractivity contribution in [2.24, 2.45) is 0 Å². The molecule has 0 N–H and O–H groups in total. The summed E-state index contributed by atoms with van der Waals surface area (Å²) in [6.45, 7) is 0. The van der Waals surface area contributed by atoms with Gasteiger partial charge in [0.15, 0.2) is 0 Å². The summed E-state index contributed by atoms with van der Waals surface area (Å²) in [5, 5.41) is 2.28. The van der Waals surface area contributed by atoms with E-state index >= 15 is 0 Å². The molecule has 0 radical (unpaired) electrons. The van der Waals surface area contributed by atoms with Gasteiger partial charge in [-0.3, -0.25) is 0 Å². The topological polar surface area (TPSA) is 13.1 Å². The van der Waals surface area contributed by atoms with E-state index in [9.17, 15) is 0 Å². The summed E-state index contributed by atoms with van der Waals surface area (Å²) >= 11 is 0. The Morgan fingerprint density at radius 3 is 1.24 bits per heavy atom. The number of fused-ring (bicyclic) bond motifs is 3. The smallest absolute Gasteiger partial charge is 0.143 e. The molecule has 1 heteroatoms. The first-order chi connectivity index (χ1) is 30.7. The molecule has 0 spiro atoms. The second-order valence-corrected chi connectivity index (χ2v) is 16.1. The van der Waals surface area contributed by atoms with Crippen LogP contribution in [0.5, 0.6) is 0 Å². The van der Waals surface area contributed by atoms with E-state index < -0.39 is 0 Å². The Morgan fingerprint density at radius 1 is 0.242 bits per heavy atom. The summed E-state index contributed by atoms with van der Waals surface area (Å²) in [5.41, 5.74) is 19.8. The van der Waals surface area contributed by atoms with Crippen molar-refractivity contribution in [3.8, 4) is 66.8 Å². The van der Waals surface area contributed by atoms with E-state index in [4.69, 9.17) is 4.42 Å². The maximum Gasteiger partial charge on any atom is 0.143 e. The molecule has 0 bridgehead atoms. The largest absolute Gasteiger partial charge is 0.455 e. The first-order valence-electron chi connectivity index (χ1n) is 21.3. The van der Waals surface area contributed by atoms with Gasteiger partial charge in [-0.2, -0.15) is 0 Å². The maximum atomic E-state index is 6.45. The van der Waals surface area contributed by atoms with Gasteiger partial charge in [-0.1, -0.05) is 231 Å². The Labute approximate surface area is 362 Å². The number of rotatable bonds is 9. The highest BCUT2D eigenvalue weighted by Gasteiger charge is 2.19. The number of para-hydroxylation sites is 2. The first-order valence-corrected chi connectivity index (χ1v) is 21.3. The quantitative estimate of drug-likeness (QED) is 0.133. The van der Waals surface area contributed by atoms with Crippen LogP contribution < -0.4 is 0 Å². The van der Waals surface area contributed by atoms with E-state index in [1.807, 2.05) is 12.1 Å². The van der Waals surface area contributed by atoms with Gasteiger partial charge in [0.05, 0.1) is 0 Å². The van der Waals surface area contributed by atoms with Crippen molar-refractivity contribution >= 4 is 21.9 Å². The van der Waals surface area contributed by atoms with Crippen LogP contribution in [-0.2, 0) is 0 Å². The summed E-state index contributed by atoms with van der Waals surface area (Å²) in [5.74, 6) is 0.0154. The fraction of sp³-hybridized carbons (Fsp3) is 0.0164. The summed E-state index contributed by atoms with van der Waals surface area (Å²) in [6, 6.07) is 89.9. The van der Waals surface area contributed by atoms with Gasteiger partial charge in [0, 0.05) is 22.3 Å². The van der Waals surface area contributed by atoms with E-state index in [-0.39, 0.29) is 5.92 Å². The van der Waals surface area contributed by atoms with Crippen LogP contribution in [-0.4, -0.2) is 0 Å². The third-order valence-electron chi connectivity index (χ3n) is 12.2. The Bertz CT molecular complexity index is 3300. The molecule has 0 amide bonds. The monoisotopic (exact) mass is 790 g/mol. The normalized spacial score (nSPS) is 11.8. The van der Waals surface area contributed by atoms with Crippen LogP contribution in [0.4, 0.5) is 0 Å². The summed E-state index contributed by atoms with van der Waals surface area (Å²) in [4.78, 5) is 0. The molecule has 1 aromatic heterocycles. The van der Waals surface area contributed by atoms with Crippen molar-refractivity contribution in [3.05, 3.63) is 265 Å². The first kappa shape index (κ1) is 37.0. The fourth-order valence-electron chi connectivity index (χ4n) is 9.05. The molecular formula is C61H42O. The van der Waals surface area contributed by atoms with E-state index in [1.165, 1.54) is 72.3 Å². The molecule has 1 atom stereocenters. The zero-order chi connectivity index (χ0) is 41.2. The summed E-state index contributed by atoms with van der Waals surface area (Å²) < 4.78 is 6.45. The van der Waals surface area contributed by atoms with Gasteiger partial charge >= 0.3 is 0 Å². The minimum Gasteiger partial charge on any atom is -0.455 e. The zero-order valence-corrected chi connectivity index (χ0v) is 34.2. The average molecular weight is 791 g/mol. The van der Waals surface area contributed by atoms with Crippen LogP contribution in [0.3, 0.4) is 0 Å². The summed E-state index contributed by atoms with van der Waals surface area (Å²) in [6.07, 6.45) is 0. The molecule has 1 nitrogen and oxygen atoms in total. The maximum absolute atomic E-state index is 6.45. The molecule has 11 aromatic rings. The van der Waals surface area contributed by atoms with Crippen molar-refractivity contribution in [1.82, 2.24) is 0 Å². The van der Waals surface area contributed by atoms with Gasteiger partial charge < -0.3 is 4.42 Å². The third kappa shape index (κ3) is 7.21. The Balaban J connectivity index is 0.960. The van der Waals surface area contributed by atoms with E-state index in [0.717, 1.165) is 33.1 Å². The lowest BCUT2D eigenvalue weighted by molar-refractivity contribution is 0.670. The van der Waals surface area contributed by atoms with Crippen LogP contribution >= 0.6 is 0 Å². The highest BCUT2D eigenvalue weighted by molar-refractivity contribution is 6.09. The highest BCUT2D eigenvalue weighted by Crippen LogP contribution is 2.40. The Morgan fingerprint density at radius 2 is 0.629 bits per heavy atom. The predicted octanol–water partition coefficient (Wildman–Crippen LogP) is 16.8. The Kier molecular flexibility index (Phi) is 9.69. The van der Waals surface area contributed by atoms with Crippen molar-refractivity contribution in [1.29, 1.82) is 0 Å². The fourth-order valence-corrected chi connectivity index (χ4v) is 9.05. The lowest BCUT2D eigenvalue weighted by Crippen LogP contribution is -2.04. The number of furan rings is 1. The molecule has 0 aliphatic carbocycles. The van der Waals surface area contributed by atoms with Crippen molar-refractivity contribution in [3.63, 3.8) is 0 Å². The van der Waals surface area contributed by atoms with Crippen molar-refractivity contribution in [2.45, 2.75) is 5.92 Å². The van der Waals surface area contributed by atoms with Gasteiger partial charge in [0.1, 0.15) is 11.2 Å². The molecule has 292 valence electrons. The Hall–Kier alpha value is -8.00. The van der Waals surface area contributed by atoms with Crippen molar-refractivity contribution < 1.29 is 4.42 Å². The molecule has 0 saturated carbocycles. The molecule has 0 aliphatic heterocycles. The predicted molar refractivity (Wildman–Crippen MR) is 260 cm³/mol. The number of hydrogen-bond donors (Lipinski definition) is 0. The van der Waals surface area contributed by atoms with Crippen LogP contribution in [0.2, 0.25) is 0 Å².